The van der Waals surface area contributed by atoms with Crippen molar-refractivity contribution in [1.29, 1.82) is 0 Å². The molecular formula is C20H19F2N3O3S. The quantitative estimate of drug-likeness (QED) is 0.664. The number of halogens is 2. The number of hydrogen-bond donors (Lipinski definition) is 1. The summed E-state index contributed by atoms with van der Waals surface area (Å²) in [5.41, 5.74) is -0.0858. The van der Waals surface area contributed by atoms with Crippen LogP contribution in [0.3, 0.4) is 0 Å². The van der Waals surface area contributed by atoms with E-state index in [9.17, 15) is 22.0 Å². The van der Waals surface area contributed by atoms with Gasteiger partial charge in [0.25, 0.3) is 15.9 Å². The van der Waals surface area contributed by atoms with Crippen molar-refractivity contribution in [3.63, 3.8) is 0 Å². The van der Waals surface area contributed by atoms with Crippen molar-refractivity contribution >= 4 is 15.9 Å². The number of aryl methyl sites for hydroxylation is 2. The Kier molecular flexibility index (Phi) is 5.78. The molecule has 152 valence electrons. The summed E-state index contributed by atoms with van der Waals surface area (Å²) in [4.78, 5) is 16.5. The molecular weight excluding hydrogens is 400 g/mol. The van der Waals surface area contributed by atoms with E-state index in [0.29, 0.717) is 12.0 Å². The number of carbonyl (C=O) groups is 1. The highest BCUT2D eigenvalue weighted by Crippen LogP contribution is 2.25. The molecule has 0 saturated carbocycles. The van der Waals surface area contributed by atoms with E-state index in [0.717, 1.165) is 18.6 Å². The van der Waals surface area contributed by atoms with Crippen molar-refractivity contribution in [3.05, 3.63) is 71.6 Å². The van der Waals surface area contributed by atoms with Gasteiger partial charge in [-0.05, 0) is 30.2 Å². The molecule has 6 nitrogen and oxygen atoms in total. The standard InChI is InChI=1S/C20H19F2N3O3S/c1-3-7-13-8-4-5-11-17(13)29(27,28)24-20(26)16-12-25(2)19(23-16)18-14(21)9-6-10-15(18)22/h4-6,8-12H,3,7H2,1-2H3,(H,24,26). The van der Waals surface area contributed by atoms with E-state index < -0.39 is 33.1 Å². The highest BCUT2D eigenvalue weighted by Gasteiger charge is 2.25. The number of sulfonamides is 1. The lowest BCUT2D eigenvalue weighted by Gasteiger charge is -2.10. The van der Waals surface area contributed by atoms with Crippen LogP contribution in [0.1, 0.15) is 29.4 Å². The minimum absolute atomic E-state index is 0.00602. The average Bonchev–Trinajstić information content (AvgIpc) is 3.04. The van der Waals surface area contributed by atoms with E-state index in [-0.39, 0.29) is 16.4 Å². The second-order valence-electron chi connectivity index (χ2n) is 6.45. The number of imidazole rings is 1. The molecule has 1 heterocycles. The van der Waals surface area contributed by atoms with Gasteiger partial charge < -0.3 is 4.57 Å². The number of benzene rings is 2. The highest BCUT2D eigenvalue weighted by molar-refractivity contribution is 7.90. The molecule has 1 N–H and O–H groups in total. The van der Waals surface area contributed by atoms with Crippen LogP contribution in [0.25, 0.3) is 11.4 Å². The summed E-state index contributed by atoms with van der Waals surface area (Å²) in [6.07, 6.45) is 2.48. The normalized spacial score (nSPS) is 11.4. The fourth-order valence-electron chi connectivity index (χ4n) is 2.99. The molecule has 0 aliphatic carbocycles. The maximum atomic E-state index is 14.0. The van der Waals surface area contributed by atoms with Crippen molar-refractivity contribution in [3.8, 4) is 11.4 Å². The Morgan fingerprint density at radius 1 is 1.10 bits per heavy atom. The smallest absolute Gasteiger partial charge is 0.285 e. The van der Waals surface area contributed by atoms with Crippen LogP contribution in [0.2, 0.25) is 0 Å². The van der Waals surface area contributed by atoms with E-state index in [1.165, 1.54) is 29.9 Å². The molecule has 0 aliphatic heterocycles. The molecule has 0 radical (unpaired) electrons. The van der Waals surface area contributed by atoms with Crippen molar-refractivity contribution in [1.82, 2.24) is 14.3 Å². The monoisotopic (exact) mass is 419 g/mol. The topological polar surface area (TPSA) is 81.1 Å². The molecule has 0 unspecified atom stereocenters. The molecule has 2 aromatic carbocycles. The Labute approximate surface area is 167 Å². The van der Waals surface area contributed by atoms with Gasteiger partial charge in [0.2, 0.25) is 0 Å². The van der Waals surface area contributed by atoms with Gasteiger partial charge in [-0.15, -0.1) is 0 Å². The molecule has 0 saturated heterocycles. The molecule has 0 aliphatic rings. The zero-order valence-corrected chi connectivity index (χ0v) is 16.6. The van der Waals surface area contributed by atoms with Crippen LogP contribution in [0.5, 0.6) is 0 Å². The van der Waals surface area contributed by atoms with Gasteiger partial charge in [-0.2, -0.15) is 0 Å². The first-order chi connectivity index (χ1) is 13.7. The number of nitrogens with zero attached hydrogens (tertiary/aromatic N) is 2. The summed E-state index contributed by atoms with van der Waals surface area (Å²) in [6.45, 7) is 1.92. The molecule has 29 heavy (non-hydrogen) atoms. The molecule has 9 heteroatoms. The number of carbonyl (C=O) groups excluding carboxylic acids is 1. The average molecular weight is 419 g/mol. The Balaban J connectivity index is 1.93. The van der Waals surface area contributed by atoms with E-state index in [1.54, 1.807) is 18.2 Å². The lowest BCUT2D eigenvalue weighted by atomic mass is 10.1. The van der Waals surface area contributed by atoms with Gasteiger partial charge in [0.15, 0.2) is 0 Å². The lowest BCUT2D eigenvalue weighted by molar-refractivity contribution is 0.0977. The van der Waals surface area contributed by atoms with Crippen molar-refractivity contribution in [2.45, 2.75) is 24.7 Å². The van der Waals surface area contributed by atoms with Crippen molar-refractivity contribution in [2.75, 3.05) is 0 Å². The third-order valence-corrected chi connectivity index (χ3v) is 5.74. The number of hydrogen-bond acceptors (Lipinski definition) is 4. The van der Waals surface area contributed by atoms with E-state index in [1.807, 2.05) is 11.6 Å². The Morgan fingerprint density at radius 2 is 1.76 bits per heavy atom. The number of amides is 1. The van der Waals surface area contributed by atoms with E-state index >= 15 is 0 Å². The minimum atomic E-state index is -4.14. The molecule has 0 bridgehead atoms. The van der Waals surface area contributed by atoms with E-state index in [4.69, 9.17) is 0 Å². The summed E-state index contributed by atoms with van der Waals surface area (Å²) in [7, 11) is -2.69. The number of nitrogens with one attached hydrogen (secondary N) is 1. The van der Waals surface area contributed by atoms with Gasteiger partial charge >= 0.3 is 0 Å². The summed E-state index contributed by atoms with van der Waals surface area (Å²) >= 11 is 0. The molecule has 0 spiro atoms. The van der Waals surface area contributed by atoms with Crippen LogP contribution >= 0.6 is 0 Å². The number of rotatable bonds is 6. The van der Waals surface area contributed by atoms with Crippen LogP contribution in [0.15, 0.2) is 53.6 Å². The maximum Gasteiger partial charge on any atom is 0.285 e. The van der Waals surface area contributed by atoms with E-state index in [2.05, 4.69) is 4.98 Å². The second-order valence-corrected chi connectivity index (χ2v) is 8.10. The summed E-state index contributed by atoms with van der Waals surface area (Å²) in [5.74, 6) is -2.80. The Hall–Kier alpha value is -3.07. The third kappa shape index (κ3) is 4.19. The molecule has 3 rings (SSSR count). The van der Waals surface area contributed by atoms with Gasteiger partial charge in [-0.3, -0.25) is 4.79 Å². The number of aromatic nitrogens is 2. The zero-order valence-electron chi connectivity index (χ0n) is 15.8. The lowest BCUT2D eigenvalue weighted by Crippen LogP contribution is -2.31. The Bertz CT molecular complexity index is 1150. The van der Waals surface area contributed by atoms with Crippen LogP contribution in [-0.2, 0) is 23.5 Å². The fraction of sp³-hybridized carbons (Fsp3) is 0.200. The maximum absolute atomic E-state index is 14.0. The molecule has 0 fully saturated rings. The fourth-order valence-corrected chi connectivity index (χ4v) is 4.22. The van der Waals surface area contributed by atoms with Gasteiger partial charge in [0, 0.05) is 13.2 Å². The first-order valence-corrected chi connectivity index (χ1v) is 10.4. The summed E-state index contributed by atoms with van der Waals surface area (Å²) < 4.78 is 56.7. The first kappa shape index (κ1) is 20.7. The largest absolute Gasteiger partial charge is 0.333 e. The third-order valence-electron chi connectivity index (χ3n) is 4.30. The SMILES string of the molecule is CCCc1ccccc1S(=O)(=O)NC(=O)c1cn(C)c(-c2c(F)cccc2F)n1. The van der Waals surface area contributed by atoms with Gasteiger partial charge in [0.05, 0.1) is 10.5 Å². The van der Waals surface area contributed by atoms with Crippen LogP contribution in [0.4, 0.5) is 8.78 Å². The van der Waals surface area contributed by atoms with Crippen molar-refractivity contribution in [2.24, 2.45) is 7.05 Å². The molecule has 0 atom stereocenters. The van der Waals surface area contributed by atoms with Crippen LogP contribution in [0, 0.1) is 11.6 Å². The predicted molar refractivity (Wildman–Crippen MR) is 104 cm³/mol. The van der Waals surface area contributed by atoms with Gasteiger partial charge in [-0.25, -0.2) is 26.9 Å². The first-order valence-electron chi connectivity index (χ1n) is 8.87. The highest BCUT2D eigenvalue weighted by atomic mass is 32.2. The second kappa shape index (κ2) is 8.12. The van der Waals surface area contributed by atoms with Gasteiger partial charge in [0.1, 0.15) is 23.2 Å². The summed E-state index contributed by atoms with van der Waals surface area (Å²) in [6, 6.07) is 9.74. The van der Waals surface area contributed by atoms with Crippen LogP contribution in [-0.4, -0.2) is 23.9 Å². The predicted octanol–water partition coefficient (Wildman–Crippen LogP) is 3.44. The van der Waals surface area contributed by atoms with Crippen molar-refractivity contribution < 1.29 is 22.0 Å². The van der Waals surface area contributed by atoms with Gasteiger partial charge in [-0.1, -0.05) is 37.6 Å². The molecule has 3 aromatic rings. The minimum Gasteiger partial charge on any atom is -0.333 e. The molecule has 1 amide bonds. The zero-order chi connectivity index (χ0) is 21.2. The summed E-state index contributed by atoms with van der Waals surface area (Å²) in [5, 5.41) is 0. The van der Waals surface area contributed by atoms with Crippen LogP contribution < -0.4 is 4.72 Å². The Morgan fingerprint density at radius 3 is 2.41 bits per heavy atom. The molecule has 1 aromatic heterocycles.